The first-order chi connectivity index (χ1) is 5.93. The third kappa shape index (κ3) is 4.23. The fourth-order valence-electron chi connectivity index (χ4n) is 1.76. The topological polar surface area (TPSA) is 12.5 Å². The molecule has 0 aromatic heterocycles. The average Bonchev–Trinajstić information content (AvgIpc) is 2.14. The molecule has 0 bridgehead atoms. The molecule has 12 heavy (non-hydrogen) atoms. The van der Waals surface area contributed by atoms with E-state index < -0.39 is 0 Å². The van der Waals surface area contributed by atoms with Crippen molar-refractivity contribution in [2.24, 2.45) is 0 Å². The summed E-state index contributed by atoms with van der Waals surface area (Å²) in [7, 11) is 1.69. The summed E-state index contributed by atoms with van der Waals surface area (Å²) in [5, 5.41) is 0. The second-order valence-corrected chi connectivity index (χ2v) is 5.29. The normalized spacial score (nSPS) is 20.8. The Balaban J connectivity index is 1.91. The van der Waals surface area contributed by atoms with E-state index in [0.29, 0.717) is 0 Å². The largest absolute Gasteiger partial charge is 0.427 e. The summed E-state index contributed by atoms with van der Waals surface area (Å²) in [5.74, 6) is 0. The van der Waals surface area contributed by atoms with E-state index >= 15 is 0 Å². The average molecular weight is 187 g/mol. The van der Waals surface area contributed by atoms with E-state index in [1.165, 1.54) is 51.4 Å². The third-order valence-corrected chi connectivity index (χ3v) is 3.72. The molecule has 1 aliphatic heterocycles. The maximum absolute atomic E-state index is 5.15. The van der Waals surface area contributed by atoms with Gasteiger partial charge in [-0.15, -0.1) is 0 Å². The molecule has 1 rings (SSSR count). The van der Waals surface area contributed by atoms with Crippen LogP contribution < -0.4 is 0 Å². The molecule has 0 saturated carbocycles. The molecule has 1 fully saturated rings. The molecule has 0 radical (unpaired) electrons. The number of nitrogens with zero attached hydrogens (tertiary/aromatic N) is 1. The van der Waals surface area contributed by atoms with E-state index in [0.717, 1.165) is 0 Å². The first-order valence-corrected chi connectivity index (χ1v) is 6.72. The van der Waals surface area contributed by atoms with Gasteiger partial charge in [0.15, 0.2) is 9.76 Å². The molecule has 0 N–H and O–H groups in total. The van der Waals surface area contributed by atoms with Crippen molar-refractivity contribution in [3.63, 3.8) is 0 Å². The summed E-state index contributed by atoms with van der Waals surface area (Å²) in [6, 6.07) is 1.35. The van der Waals surface area contributed by atoms with Crippen molar-refractivity contribution in [3.8, 4) is 0 Å². The summed E-state index contributed by atoms with van der Waals surface area (Å²) >= 11 is 0. The lowest BCUT2D eigenvalue weighted by molar-refractivity contribution is 0.228. The number of piperidine rings is 1. The van der Waals surface area contributed by atoms with Gasteiger partial charge < -0.3 is 9.33 Å². The highest BCUT2D eigenvalue weighted by molar-refractivity contribution is 6.26. The van der Waals surface area contributed by atoms with Gasteiger partial charge in [0.25, 0.3) is 0 Å². The van der Waals surface area contributed by atoms with Gasteiger partial charge in [0.1, 0.15) is 0 Å². The molecule has 1 heterocycles. The minimum absolute atomic E-state index is 0.152. The molecule has 72 valence electrons. The number of hydrogen-bond acceptors (Lipinski definition) is 2. The minimum atomic E-state index is -0.152. The van der Waals surface area contributed by atoms with E-state index in [-0.39, 0.29) is 9.76 Å². The Morgan fingerprint density at radius 2 is 2.00 bits per heavy atom. The second kappa shape index (κ2) is 6.63. The highest BCUT2D eigenvalue weighted by Gasteiger charge is 2.08. The van der Waals surface area contributed by atoms with Crippen LogP contribution in [0.1, 0.15) is 25.7 Å². The predicted molar refractivity (Wildman–Crippen MR) is 55.3 cm³/mol. The van der Waals surface area contributed by atoms with Crippen LogP contribution in [-0.2, 0) is 4.43 Å². The molecule has 1 aliphatic rings. The molecule has 0 unspecified atom stereocenters. The second-order valence-electron chi connectivity index (χ2n) is 3.60. The van der Waals surface area contributed by atoms with Gasteiger partial charge in [-0.05, 0) is 44.9 Å². The van der Waals surface area contributed by atoms with Crippen molar-refractivity contribution in [1.29, 1.82) is 0 Å². The summed E-state index contributed by atoms with van der Waals surface area (Å²) in [6.07, 6.45) is 5.65. The predicted octanol–water partition coefficient (Wildman–Crippen LogP) is 1.01. The molecule has 0 spiro atoms. The Hall–Kier alpha value is 0.137. The maximum Gasteiger partial charge on any atom is 0.161 e. The van der Waals surface area contributed by atoms with Crippen LogP contribution in [0.5, 0.6) is 0 Å². The Labute approximate surface area is 78.2 Å². The monoisotopic (exact) mass is 187 g/mol. The number of likely N-dealkylation sites (tertiary alicyclic amines) is 1. The highest BCUT2D eigenvalue weighted by Crippen LogP contribution is 2.09. The fraction of sp³-hybridized carbons (Fsp3) is 1.00. The SMILES string of the molecule is CO[SiH2]CCCN1CCCCC1. The van der Waals surface area contributed by atoms with Crippen LogP contribution in [0.15, 0.2) is 0 Å². The summed E-state index contributed by atoms with van der Waals surface area (Å²) in [4.78, 5) is 2.60. The van der Waals surface area contributed by atoms with Gasteiger partial charge in [-0.25, -0.2) is 0 Å². The Kier molecular flexibility index (Phi) is 5.65. The molecule has 0 atom stereocenters. The van der Waals surface area contributed by atoms with Crippen molar-refractivity contribution in [2.45, 2.75) is 31.7 Å². The Morgan fingerprint density at radius 1 is 1.25 bits per heavy atom. The molecule has 0 amide bonds. The van der Waals surface area contributed by atoms with Crippen molar-refractivity contribution in [1.82, 2.24) is 4.90 Å². The lowest BCUT2D eigenvalue weighted by atomic mass is 10.1. The summed E-state index contributed by atoms with van der Waals surface area (Å²) in [5.41, 5.74) is 0. The van der Waals surface area contributed by atoms with Gasteiger partial charge in [0.05, 0.1) is 0 Å². The van der Waals surface area contributed by atoms with Crippen LogP contribution >= 0.6 is 0 Å². The Morgan fingerprint density at radius 3 is 2.67 bits per heavy atom. The van der Waals surface area contributed by atoms with E-state index in [2.05, 4.69) is 4.90 Å². The van der Waals surface area contributed by atoms with Crippen molar-refractivity contribution in [3.05, 3.63) is 0 Å². The van der Waals surface area contributed by atoms with E-state index in [9.17, 15) is 0 Å². The third-order valence-electron chi connectivity index (χ3n) is 2.52. The van der Waals surface area contributed by atoms with Gasteiger partial charge in [0, 0.05) is 7.11 Å². The zero-order valence-electron chi connectivity index (χ0n) is 8.22. The van der Waals surface area contributed by atoms with Crippen LogP contribution in [0.3, 0.4) is 0 Å². The van der Waals surface area contributed by atoms with Gasteiger partial charge in [0.2, 0.25) is 0 Å². The van der Waals surface area contributed by atoms with Crippen molar-refractivity contribution in [2.75, 3.05) is 26.7 Å². The van der Waals surface area contributed by atoms with Gasteiger partial charge >= 0.3 is 0 Å². The molecule has 1 saturated heterocycles. The van der Waals surface area contributed by atoms with Crippen molar-refractivity contribution >= 4 is 9.76 Å². The molecule has 2 nitrogen and oxygen atoms in total. The molecule has 0 aliphatic carbocycles. The Bertz CT molecular complexity index is 105. The van der Waals surface area contributed by atoms with Gasteiger partial charge in [-0.1, -0.05) is 6.42 Å². The highest BCUT2D eigenvalue weighted by atomic mass is 28.2. The van der Waals surface area contributed by atoms with Crippen LogP contribution in [0.4, 0.5) is 0 Å². The van der Waals surface area contributed by atoms with Crippen LogP contribution in [-0.4, -0.2) is 41.4 Å². The molecular formula is C9H21NOSi. The van der Waals surface area contributed by atoms with E-state index in [4.69, 9.17) is 4.43 Å². The smallest absolute Gasteiger partial charge is 0.161 e. The molecule has 3 heteroatoms. The zero-order valence-corrected chi connectivity index (χ0v) is 9.63. The van der Waals surface area contributed by atoms with Gasteiger partial charge in [-0.3, -0.25) is 0 Å². The fourth-order valence-corrected chi connectivity index (χ4v) is 2.48. The van der Waals surface area contributed by atoms with E-state index in [1.807, 2.05) is 7.11 Å². The molecule has 0 aromatic carbocycles. The van der Waals surface area contributed by atoms with Crippen LogP contribution in [0, 0.1) is 0 Å². The molecule has 0 aromatic rings. The van der Waals surface area contributed by atoms with Crippen LogP contribution in [0.2, 0.25) is 6.04 Å². The first kappa shape index (κ1) is 10.2. The van der Waals surface area contributed by atoms with Crippen LogP contribution in [0.25, 0.3) is 0 Å². The minimum Gasteiger partial charge on any atom is -0.427 e. The first-order valence-electron chi connectivity index (χ1n) is 5.15. The number of hydrogen-bond donors (Lipinski definition) is 0. The van der Waals surface area contributed by atoms with Gasteiger partial charge in [-0.2, -0.15) is 0 Å². The summed E-state index contributed by atoms with van der Waals surface area (Å²) < 4.78 is 5.15. The standard InChI is InChI=1S/C9H21NOSi/c1-11-12-9-5-8-10-6-3-2-4-7-10/h2-9,12H2,1H3. The number of rotatable bonds is 5. The molecular weight excluding hydrogens is 166 g/mol. The summed E-state index contributed by atoms with van der Waals surface area (Å²) in [6.45, 7) is 4.00. The lowest BCUT2D eigenvalue weighted by Crippen LogP contribution is -2.30. The quantitative estimate of drug-likeness (QED) is 0.470. The lowest BCUT2D eigenvalue weighted by Gasteiger charge is -2.26. The van der Waals surface area contributed by atoms with Crippen molar-refractivity contribution < 1.29 is 4.43 Å². The maximum atomic E-state index is 5.15. The van der Waals surface area contributed by atoms with E-state index in [1.54, 1.807) is 0 Å². The zero-order chi connectivity index (χ0) is 8.65.